The number of hydrogen-bond donors (Lipinski definition) is 1. The minimum Gasteiger partial charge on any atom is -0.486 e. The maximum Gasteiger partial charge on any atom is 0.141 e. The Morgan fingerprint density at radius 3 is 2.41 bits per heavy atom. The first-order valence-corrected chi connectivity index (χ1v) is 6.48. The third kappa shape index (κ3) is 5.15. The predicted molar refractivity (Wildman–Crippen MR) is 73.2 cm³/mol. The third-order valence-electron chi connectivity index (χ3n) is 2.32. The quantitative estimate of drug-likeness (QED) is 0.841. The van der Waals surface area contributed by atoms with Crippen LogP contribution in [0.15, 0.2) is 12.1 Å². The molecule has 0 heterocycles. The first-order chi connectivity index (χ1) is 7.79. The second-order valence-corrected chi connectivity index (χ2v) is 6.08. The van der Waals surface area contributed by atoms with E-state index in [2.05, 4.69) is 26.1 Å². The standard InChI is InChI=1S/C13H19Cl2NO/c1-9-7-10(14)8-11(15)12(9)17-6-5-16-13(2,3)4/h7-8,16H,5-6H2,1-4H3/p+1. The molecule has 0 aliphatic heterocycles. The van der Waals surface area contributed by atoms with Crippen LogP contribution in [0.4, 0.5) is 0 Å². The Hall–Kier alpha value is -0.440. The summed E-state index contributed by atoms with van der Waals surface area (Å²) in [6, 6.07) is 3.56. The summed E-state index contributed by atoms with van der Waals surface area (Å²) in [6.45, 7) is 10.0. The van der Waals surface area contributed by atoms with E-state index in [1.54, 1.807) is 6.07 Å². The fourth-order valence-corrected chi connectivity index (χ4v) is 2.17. The van der Waals surface area contributed by atoms with Gasteiger partial charge in [0, 0.05) is 5.02 Å². The topological polar surface area (TPSA) is 25.8 Å². The summed E-state index contributed by atoms with van der Waals surface area (Å²) in [6.07, 6.45) is 0. The lowest BCUT2D eigenvalue weighted by Crippen LogP contribution is -2.95. The van der Waals surface area contributed by atoms with Gasteiger partial charge < -0.3 is 10.1 Å². The minimum absolute atomic E-state index is 0.224. The lowest BCUT2D eigenvalue weighted by molar-refractivity contribution is -0.717. The molecule has 0 aromatic heterocycles. The van der Waals surface area contributed by atoms with Gasteiger partial charge in [0.05, 0.1) is 10.6 Å². The van der Waals surface area contributed by atoms with E-state index in [4.69, 9.17) is 27.9 Å². The van der Waals surface area contributed by atoms with Crippen LogP contribution in [0, 0.1) is 6.92 Å². The van der Waals surface area contributed by atoms with Gasteiger partial charge in [-0.05, 0) is 45.4 Å². The second kappa shape index (κ2) is 5.94. The predicted octanol–water partition coefficient (Wildman–Crippen LogP) is 3.04. The van der Waals surface area contributed by atoms with Crippen molar-refractivity contribution < 1.29 is 10.1 Å². The van der Waals surface area contributed by atoms with E-state index in [-0.39, 0.29) is 5.54 Å². The van der Waals surface area contributed by atoms with Crippen molar-refractivity contribution in [3.05, 3.63) is 27.7 Å². The summed E-state index contributed by atoms with van der Waals surface area (Å²) in [5, 5.41) is 3.46. The van der Waals surface area contributed by atoms with Crippen LogP contribution < -0.4 is 10.1 Å². The van der Waals surface area contributed by atoms with Crippen LogP contribution in [0.2, 0.25) is 10.0 Å². The normalized spacial score (nSPS) is 11.6. The molecule has 2 nitrogen and oxygen atoms in total. The Bertz CT molecular complexity index is 362. The Morgan fingerprint density at radius 2 is 1.88 bits per heavy atom. The molecule has 96 valence electrons. The van der Waals surface area contributed by atoms with Crippen molar-refractivity contribution in [3.8, 4) is 5.75 Å². The average Bonchev–Trinajstić information content (AvgIpc) is 2.13. The number of quaternary nitrogens is 1. The summed E-state index contributed by atoms with van der Waals surface area (Å²) >= 11 is 12.0. The van der Waals surface area contributed by atoms with Gasteiger partial charge in [-0.3, -0.25) is 0 Å². The molecule has 0 atom stereocenters. The van der Waals surface area contributed by atoms with Gasteiger partial charge in [-0.25, -0.2) is 0 Å². The van der Waals surface area contributed by atoms with E-state index in [0.29, 0.717) is 16.7 Å². The van der Waals surface area contributed by atoms with Gasteiger partial charge in [-0.2, -0.15) is 0 Å². The molecule has 0 spiro atoms. The van der Waals surface area contributed by atoms with Crippen LogP contribution in [-0.4, -0.2) is 18.7 Å². The molecule has 0 saturated carbocycles. The van der Waals surface area contributed by atoms with E-state index in [1.807, 2.05) is 13.0 Å². The van der Waals surface area contributed by atoms with Crippen LogP contribution in [0.25, 0.3) is 0 Å². The maximum absolute atomic E-state index is 6.08. The molecule has 2 N–H and O–H groups in total. The first-order valence-electron chi connectivity index (χ1n) is 5.72. The molecule has 0 saturated heterocycles. The van der Waals surface area contributed by atoms with Gasteiger partial charge in [-0.15, -0.1) is 0 Å². The molecule has 0 unspecified atom stereocenters. The highest BCUT2D eigenvalue weighted by Gasteiger charge is 2.13. The highest BCUT2D eigenvalue weighted by atomic mass is 35.5. The summed E-state index contributed by atoms with van der Waals surface area (Å²) in [5.74, 6) is 0.735. The van der Waals surface area contributed by atoms with Crippen molar-refractivity contribution in [2.75, 3.05) is 13.2 Å². The number of hydrogen-bond acceptors (Lipinski definition) is 1. The van der Waals surface area contributed by atoms with E-state index in [9.17, 15) is 0 Å². The number of nitrogens with two attached hydrogens (primary N) is 1. The van der Waals surface area contributed by atoms with E-state index >= 15 is 0 Å². The van der Waals surface area contributed by atoms with Gasteiger partial charge in [0.1, 0.15) is 18.9 Å². The van der Waals surface area contributed by atoms with Crippen molar-refractivity contribution in [1.29, 1.82) is 0 Å². The van der Waals surface area contributed by atoms with Crippen LogP contribution in [-0.2, 0) is 0 Å². The SMILES string of the molecule is Cc1cc(Cl)cc(Cl)c1OCC[NH2+]C(C)(C)C. The molecule has 1 aromatic rings. The molecule has 1 rings (SSSR count). The summed E-state index contributed by atoms with van der Waals surface area (Å²) < 4.78 is 5.70. The lowest BCUT2D eigenvalue weighted by atomic mass is 10.1. The fourth-order valence-electron chi connectivity index (χ4n) is 1.52. The van der Waals surface area contributed by atoms with Crippen LogP contribution >= 0.6 is 23.2 Å². The molecule has 17 heavy (non-hydrogen) atoms. The second-order valence-electron chi connectivity index (χ2n) is 5.24. The van der Waals surface area contributed by atoms with Gasteiger partial charge in [0.25, 0.3) is 0 Å². The van der Waals surface area contributed by atoms with Gasteiger partial charge >= 0.3 is 0 Å². The van der Waals surface area contributed by atoms with Gasteiger partial charge in [0.2, 0.25) is 0 Å². The Labute approximate surface area is 113 Å². The first kappa shape index (κ1) is 14.6. The molecule has 0 aliphatic rings. The van der Waals surface area contributed by atoms with Crippen molar-refractivity contribution >= 4 is 23.2 Å². The number of aryl methyl sites for hydroxylation is 1. The highest BCUT2D eigenvalue weighted by molar-refractivity contribution is 6.35. The third-order valence-corrected chi connectivity index (χ3v) is 2.81. The number of rotatable bonds is 4. The molecule has 1 aromatic carbocycles. The molecule has 0 fully saturated rings. The van der Waals surface area contributed by atoms with Crippen LogP contribution in [0.5, 0.6) is 5.75 Å². The smallest absolute Gasteiger partial charge is 0.141 e. The Morgan fingerprint density at radius 1 is 1.24 bits per heavy atom. The van der Waals surface area contributed by atoms with Gasteiger partial charge in [0.15, 0.2) is 0 Å². The van der Waals surface area contributed by atoms with E-state index in [0.717, 1.165) is 17.9 Å². The monoisotopic (exact) mass is 276 g/mol. The maximum atomic E-state index is 6.08. The summed E-state index contributed by atoms with van der Waals surface area (Å²) in [4.78, 5) is 0. The largest absolute Gasteiger partial charge is 0.486 e. The van der Waals surface area contributed by atoms with Crippen molar-refractivity contribution in [1.82, 2.24) is 0 Å². The molecular weight excluding hydrogens is 257 g/mol. The van der Waals surface area contributed by atoms with E-state index < -0.39 is 0 Å². The van der Waals surface area contributed by atoms with Crippen molar-refractivity contribution in [3.63, 3.8) is 0 Å². The lowest BCUT2D eigenvalue weighted by Gasteiger charge is -2.17. The summed E-state index contributed by atoms with van der Waals surface area (Å²) in [7, 11) is 0. The molecule has 4 heteroatoms. The molecule has 0 bridgehead atoms. The van der Waals surface area contributed by atoms with Crippen molar-refractivity contribution in [2.24, 2.45) is 0 Å². The van der Waals surface area contributed by atoms with Crippen LogP contribution in [0.1, 0.15) is 26.3 Å². The average molecular weight is 277 g/mol. The molecule has 0 radical (unpaired) electrons. The van der Waals surface area contributed by atoms with Gasteiger partial charge in [-0.1, -0.05) is 23.2 Å². The Kier molecular flexibility index (Phi) is 5.11. The number of halogens is 2. The zero-order valence-electron chi connectivity index (χ0n) is 10.8. The number of ether oxygens (including phenoxy) is 1. The zero-order valence-corrected chi connectivity index (χ0v) is 12.3. The zero-order chi connectivity index (χ0) is 13.1. The Balaban J connectivity index is 2.53. The molecule has 0 amide bonds. The molecular formula is C13H20Cl2NO+. The number of benzene rings is 1. The van der Waals surface area contributed by atoms with Crippen molar-refractivity contribution in [2.45, 2.75) is 33.2 Å². The van der Waals surface area contributed by atoms with Crippen LogP contribution in [0.3, 0.4) is 0 Å². The molecule has 0 aliphatic carbocycles. The fraction of sp³-hybridized carbons (Fsp3) is 0.538. The summed E-state index contributed by atoms with van der Waals surface area (Å²) in [5.41, 5.74) is 1.20. The highest BCUT2D eigenvalue weighted by Crippen LogP contribution is 2.31. The minimum atomic E-state index is 0.224. The van der Waals surface area contributed by atoms with E-state index in [1.165, 1.54) is 0 Å².